The molecule has 15 heavy (non-hydrogen) atoms. The Bertz CT molecular complexity index is 416. The summed E-state index contributed by atoms with van der Waals surface area (Å²) in [4.78, 5) is 6.23. The van der Waals surface area contributed by atoms with Crippen LogP contribution in [0.15, 0.2) is 23.4 Å². The van der Waals surface area contributed by atoms with E-state index >= 15 is 0 Å². The second-order valence-corrected chi connectivity index (χ2v) is 3.66. The van der Waals surface area contributed by atoms with Gasteiger partial charge in [-0.25, -0.2) is 0 Å². The van der Waals surface area contributed by atoms with Gasteiger partial charge in [-0.15, -0.1) is 0 Å². The average molecular weight is 220 g/mol. The van der Waals surface area contributed by atoms with Gasteiger partial charge in [0.15, 0.2) is 5.84 Å². The minimum Gasteiger partial charge on any atom is -0.332 e. The van der Waals surface area contributed by atoms with Crippen LogP contribution in [0.3, 0.4) is 0 Å². The zero-order valence-corrected chi connectivity index (χ0v) is 9.45. The number of aryl methyl sites for hydroxylation is 1. The van der Waals surface area contributed by atoms with Gasteiger partial charge in [-0.05, 0) is 19.1 Å². The molecule has 0 bridgehead atoms. The fraction of sp³-hybridized carbons (Fsp3) is 0.300. The maximum Gasteiger partial charge on any atom is 0.159 e. The zero-order chi connectivity index (χ0) is 10.8. The van der Waals surface area contributed by atoms with Crippen molar-refractivity contribution in [3.63, 3.8) is 0 Å². The summed E-state index contributed by atoms with van der Waals surface area (Å²) in [7, 11) is 1.96. The van der Waals surface area contributed by atoms with Crippen LogP contribution in [0, 0.1) is 6.92 Å². The number of amidine groups is 1. The summed E-state index contributed by atoms with van der Waals surface area (Å²) >= 11 is 4.91. The summed E-state index contributed by atoms with van der Waals surface area (Å²) in [5, 5.41) is 5.91. The summed E-state index contributed by atoms with van der Waals surface area (Å²) < 4.78 is 0. The highest BCUT2D eigenvalue weighted by Gasteiger charge is 2.24. The molecule has 0 spiro atoms. The Hall–Kier alpha value is -1.49. The van der Waals surface area contributed by atoms with E-state index in [1.165, 1.54) is 0 Å². The number of rotatable bonds is 2. The molecule has 0 amide bonds. The zero-order valence-electron chi connectivity index (χ0n) is 8.64. The van der Waals surface area contributed by atoms with E-state index in [-0.39, 0.29) is 6.17 Å². The van der Waals surface area contributed by atoms with E-state index in [0.29, 0.717) is 0 Å². The number of hydrogen-bond donors (Lipinski definition) is 1. The van der Waals surface area contributed by atoms with E-state index in [4.69, 9.17) is 12.2 Å². The van der Waals surface area contributed by atoms with Gasteiger partial charge in [-0.3, -0.25) is 10.4 Å². The van der Waals surface area contributed by atoms with Crippen LogP contribution in [0.4, 0.5) is 0 Å². The first-order valence-corrected chi connectivity index (χ1v) is 5.14. The first kappa shape index (κ1) is 10.0. The minimum atomic E-state index is -0.00499. The molecule has 1 aliphatic heterocycles. The van der Waals surface area contributed by atoms with Crippen molar-refractivity contribution < 1.29 is 0 Å². The number of nitrogens with zero attached hydrogens (tertiary/aromatic N) is 3. The molecule has 0 saturated heterocycles. The largest absolute Gasteiger partial charge is 0.332 e. The summed E-state index contributed by atoms with van der Waals surface area (Å²) in [6.07, 6.45) is 1.77. The molecule has 0 saturated carbocycles. The van der Waals surface area contributed by atoms with Crippen molar-refractivity contribution in [2.24, 2.45) is 5.10 Å². The van der Waals surface area contributed by atoms with E-state index in [1.54, 1.807) is 11.6 Å². The topological polar surface area (TPSA) is 40.5 Å². The van der Waals surface area contributed by atoms with E-state index in [0.717, 1.165) is 17.1 Å². The van der Waals surface area contributed by atoms with Crippen molar-refractivity contribution >= 4 is 23.4 Å². The van der Waals surface area contributed by atoms with Crippen molar-refractivity contribution in [1.82, 2.24) is 15.3 Å². The van der Waals surface area contributed by atoms with Gasteiger partial charge >= 0.3 is 0 Å². The van der Waals surface area contributed by atoms with Crippen molar-refractivity contribution in [3.8, 4) is 0 Å². The number of nitrogens with one attached hydrogen (secondary N) is 1. The molecule has 0 aromatic carbocycles. The summed E-state index contributed by atoms with van der Waals surface area (Å²) in [5.41, 5.74) is 4.96. The molecular formula is C10H12N4S. The highest BCUT2D eigenvalue weighted by Crippen LogP contribution is 2.12. The van der Waals surface area contributed by atoms with Gasteiger partial charge in [0, 0.05) is 29.9 Å². The molecule has 2 heterocycles. The van der Waals surface area contributed by atoms with Crippen LogP contribution < -0.4 is 5.43 Å². The highest BCUT2D eigenvalue weighted by molar-refractivity contribution is 7.79. The Morgan fingerprint density at radius 1 is 1.60 bits per heavy atom. The lowest BCUT2D eigenvalue weighted by molar-refractivity contribution is 0.446. The second-order valence-electron chi connectivity index (χ2n) is 3.39. The number of hydrazone groups is 1. The first-order valence-electron chi connectivity index (χ1n) is 4.67. The summed E-state index contributed by atoms with van der Waals surface area (Å²) in [6, 6.07) is 3.91. The van der Waals surface area contributed by atoms with Crippen molar-refractivity contribution in [1.29, 1.82) is 0 Å². The normalized spacial score (nSPS) is 19.7. The molecular weight excluding hydrogens is 208 g/mol. The highest BCUT2D eigenvalue weighted by atomic mass is 32.1. The number of pyridine rings is 1. The average Bonchev–Trinajstić information content (AvgIpc) is 2.60. The first-order chi connectivity index (χ1) is 7.24. The monoisotopic (exact) mass is 220 g/mol. The van der Waals surface area contributed by atoms with Gasteiger partial charge in [0.05, 0.1) is 0 Å². The molecule has 1 N–H and O–H groups in total. The summed E-state index contributed by atoms with van der Waals surface area (Å²) in [5.74, 6) is 0.881. The molecule has 1 unspecified atom stereocenters. The Labute approximate surface area is 94.0 Å². The van der Waals surface area contributed by atoms with Gasteiger partial charge in [0.2, 0.25) is 0 Å². The fourth-order valence-electron chi connectivity index (χ4n) is 1.52. The van der Waals surface area contributed by atoms with Crippen LogP contribution >= 0.6 is 12.2 Å². The van der Waals surface area contributed by atoms with Crippen LogP contribution in [-0.4, -0.2) is 34.3 Å². The minimum absolute atomic E-state index is 0.00499. The van der Waals surface area contributed by atoms with Crippen molar-refractivity contribution in [2.75, 3.05) is 7.05 Å². The smallest absolute Gasteiger partial charge is 0.159 e. The fourth-order valence-corrected chi connectivity index (χ4v) is 1.76. The van der Waals surface area contributed by atoms with Crippen LogP contribution in [0.1, 0.15) is 11.3 Å². The second kappa shape index (κ2) is 3.94. The maximum atomic E-state index is 4.91. The Morgan fingerprint density at radius 2 is 2.40 bits per heavy atom. The molecule has 4 nitrogen and oxygen atoms in total. The van der Waals surface area contributed by atoms with Gasteiger partial charge < -0.3 is 4.90 Å². The number of aromatic nitrogens is 1. The summed E-state index contributed by atoms with van der Waals surface area (Å²) in [6.45, 7) is 1.97. The Balaban J connectivity index is 2.34. The third-order valence-electron chi connectivity index (χ3n) is 2.43. The Kier molecular flexibility index (Phi) is 2.64. The van der Waals surface area contributed by atoms with Gasteiger partial charge in [-0.1, -0.05) is 12.2 Å². The molecule has 5 heteroatoms. The third-order valence-corrected chi connectivity index (χ3v) is 2.69. The lowest BCUT2D eigenvalue weighted by Crippen LogP contribution is -2.38. The molecule has 0 aliphatic carbocycles. The molecule has 1 aromatic rings. The molecule has 1 aliphatic rings. The quantitative estimate of drug-likeness (QED) is 0.752. The van der Waals surface area contributed by atoms with Crippen molar-refractivity contribution in [2.45, 2.75) is 13.1 Å². The SMILES string of the molecule is Cc1ncccc1C1=NNC(C=S)N1C. The van der Waals surface area contributed by atoms with E-state index < -0.39 is 0 Å². The van der Waals surface area contributed by atoms with Crippen LogP contribution in [0.25, 0.3) is 0 Å². The van der Waals surface area contributed by atoms with Gasteiger partial charge in [0.25, 0.3) is 0 Å². The third kappa shape index (κ3) is 1.70. The molecule has 1 atom stereocenters. The van der Waals surface area contributed by atoms with E-state index in [2.05, 4.69) is 15.5 Å². The van der Waals surface area contributed by atoms with Crippen molar-refractivity contribution in [3.05, 3.63) is 29.6 Å². The van der Waals surface area contributed by atoms with Gasteiger partial charge in [-0.2, -0.15) is 5.10 Å². The van der Waals surface area contributed by atoms with E-state index in [1.807, 2.05) is 31.0 Å². The lowest BCUT2D eigenvalue weighted by Gasteiger charge is -2.19. The number of hydrogen-bond acceptors (Lipinski definition) is 5. The lowest BCUT2D eigenvalue weighted by atomic mass is 10.2. The standard InChI is InChI=1S/C10H12N4S/c1-7-8(4-3-5-11-7)10-13-12-9(6-15)14(10)2/h3-6,9,12H,1-2H3. The van der Waals surface area contributed by atoms with Gasteiger partial charge in [0.1, 0.15) is 6.17 Å². The maximum absolute atomic E-state index is 4.91. The Morgan fingerprint density at radius 3 is 3.00 bits per heavy atom. The predicted octanol–water partition coefficient (Wildman–Crippen LogP) is 0.912. The molecule has 0 fully saturated rings. The molecule has 0 radical (unpaired) electrons. The van der Waals surface area contributed by atoms with Crippen LogP contribution in [0.2, 0.25) is 0 Å². The van der Waals surface area contributed by atoms with Crippen LogP contribution in [-0.2, 0) is 0 Å². The van der Waals surface area contributed by atoms with E-state index in [9.17, 15) is 0 Å². The predicted molar refractivity (Wildman–Crippen MR) is 63.9 cm³/mol. The molecule has 78 valence electrons. The van der Waals surface area contributed by atoms with Crippen LogP contribution in [0.5, 0.6) is 0 Å². The molecule has 2 rings (SSSR count). The number of thiocarbonyl (C=S) groups is 1. The molecule has 1 aromatic heterocycles.